The van der Waals surface area contributed by atoms with Gasteiger partial charge in [0.15, 0.2) is 10.8 Å². The number of pyridine rings is 1. The lowest BCUT2D eigenvalue weighted by Crippen LogP contribution is -2.38. The number of nitrogens with zero attached hydrogens (tertiary/aromatic N) is 2. The molecule has 6 nitrogen and oxygen atoms in total. The maximum absolute atomic E-state index is 12.6. The van der Waals surface area contributed by atoms with Crippen molar-refractivity contribution in [3.8, 4) is 0 Å². The largest absolute Gasteiger partial charge is 0.381 e. The molecule has 0 aliphatic rings. The van der Waals surface area contributed by atoms with Crippen molar-refractivity contribution in [2.75, 3.05) is 5.73 Å². The zero-order chi connectivity index (χ0) is 15.6. The lowest BCUT2D eigenvalue weighted by Gasteiger charge is -2.22. The van der Waals surface area contributed by atoms with Crippen molar-refractivity contribution >= 4 is 21.5 Å². The number of anilines is 1. The second kappa shape index (κ2) is 6.03. The summed E-state index contributed by atoms with van der Waals surface area (Å²) < 4.78 is 29.5. The summed E-state index contributed by atoms with van der Waals surface area (Å²) in [7, 11) is -3.71. The van der Waals surface area contributed by atoms with E-state index < -0.39 is 10.0 Å². The summed E-state index contributed by atoms with van der Waals surface area (Å²) in [6, 6.07) is 5.11. The van der Waals surface area contributed by atoms with Gasteiger partial charge in [-0.3, -0.25) is 4.40 Å². The number of aromatic nitrogens is 2. The first-order valence-corrected chi connectivity index (χ1v) is 8.63. The summed E-state index contributed by atoms with van der Waals surface area (Å²) in [5, 5.41) is 0.0101. The van der Waals surface area contributed by atoms with E-state index in [0.717, 1.165) is 12.8 Å². The van der Waals surface area contributed by atoms with Gasteiger partial charge >= 0.3 is 0 Å². The van der Waals surface area contributed by atoms with E-state index in [-0.39, 0.29) is 16.9 Å². The Hall–Kier alpha value is -1.60. The van der Waals surface area contributed by atoms with Crippen molar-refractivity contribution in [3.63, 3.8) is 0 Å². The maximum atomic E-state index is 12.6. The number of sulfonamides is 1. The van der Waals surface area contributed by atoms with Crippen molar-refractivity contribution in [2.24, 2.45) is 5.92 Å². The van der Waals surface area contributed by atoms with E-state index in [1.165, 1.54) is 4.40 Å². The van der Waals surface area contributed by atoms with Gasteiger partial charge in [-0.1, -0.05) is 32.8 Å². The number of hydrogen-bond acceptors (Lipinski definition) is 4. The van der Waals surface area contributed by atoms with E-state index >= 15 is 0 Å². The van der Waals surface area contributed by atoms with Crippen LogP contribution in [0.25, 0.3) is 5.65 Å². The molecule has 0 radical (unpaired) electrons. The first kappa shape index (κ1) is 15.8. The molecule has 7 heteroatoms. The van der Waals surface area contributed by atoms with Gasteiger partial charge in [-0.25, -0.2) is 18.1 Å². The number of hydrogen-bond donors (Lipinski definition) is 2. The zero-order valence-electron chi connectivity index (χ0n) is 12.6. The molecule has 3 N–H and O–H groups in total. The molecule has 21 heavy (non-hydrogen) atoms. The molecule has 2 rings (SSSR count). The Kier molecular flexibility index (Phi) is 4.53. The summed E-state index contributed by atoms with van der Waals surface area (Å²) in [5.41, 5.74) is 6.32. The van der Waals surface area contributed by atoms with Gasteiger partial charge in [-0.2, -0.15) is 0 Å². The van der Waals surface area contributed by atoms with Gasteiger partial charge in [0.25, 0.3) is 10.0 Å². The molecule has 1 atom stereocenters. The van der Waals surface area contributed by atoms with Gasteiger partial charge in [0.2, 0.25) is 0 Å². The van der Waals surface area contributed by atoms with Crippen LogP contribution in [0.1, 0.15) is 33.6 Å². The molecule has 0 fully saturated rings. The Morgan fingerprint density at radius 1 is 1.33 bits per heavy atom. The van der Waals surface area contributed by atoms with Gasteiger partial charge in [0, 0.05) is 12.2 Å². The number of nitrogens with two attached hydrogens (primary N) is 1. The minimum absolute atomic E-state index is 0.0101. The Balaban J connectivity index is 2.41. The Morgan fingerprint density at radius 2 is 2.00 bits per heavy atom. The predicted molar refractivity (Wildman–Crippen MR) is 83.5 cm³/mol. The summed E-state index contributed by atoms with van der Waals surface area (Å²) >= 11 is 0. The standard InChI is InChI=1S/C14H22N4O2S/c1-4-11(5-2)10(3)17-21(19,20)14-13(15)16-12-8-6-7-9-18(12)14/h6-11,17H,4-5,15H2,1-3H3. The van der Waals surface area contributed by atoms with E-state index in [2.05, 4.69) is 23.6 Å². The van der Waals surface area contributed by atoms with Crippen LogP contribution in [0.2, 0.25) is 0 Å². The molecule has 0 aliphatic heterocycles. The summed E-state index contributed by atoms with van der Waals surface area (Å²) in [5.74, 6) is 0.311. The number of nitrogen functional groups attached to an aromatic ring is 1. The highest BCUT2D eigenvalue weighted by atomic mass is 32.2. The molecule has 1 unspecified atom stereocenters. The molecule has 116 valence electrons. The third kappa shape index (κ3) is 3.03. The van der Waals surface area contributed by atoms with Crippen LogP contribution in [0.5, 0.6) is 0 Å². The second-order valence-electron chi connectivity index (χ2n) is 5.22. The fourth-order valence-corrected chi connectivity index (χ4v) is 4.18. The average Bonchev–Trinajstić information content (AvgIpc) is 2.75. The van der Waals surface area contributed by atoms with Gasteiger partial charge in [-0.15, -0.1) is 0 Å². The average molecular weight is 310 g/mol. The molecule has 0 saturated carbocycles. The summed E-state index contributed by atoms with van der Waals surface area (Å²) in [6.45, 7) is 6.00. The van der Waals surface area contributed by atoms with Crippen LogP contribution in [-0.4, -0.2) is 23.8 Å². The lowest BCUT2D eigenvalue weighted by atomic mass is 9.96. The number of fused-ring (bicyclic) bond motifs is 1. The first-order chi connectivity index (χ1) is 9.90. The molecule has 0 aromatic carbocycles. The zero-order valence-corrected chi connectivity index (χ0v) is 13.4. The van der Waals surface area contributed by atoms with E-state index in [4.69, 9.17) is 5.73 Å². The molecule has 0 spiro atoms. The van der Waals surface area contributed by atoms with Crippen molar-refractivity contribution in [1.29, 1.82) is 0 Å². The topological polar surface area (TPSA) is 89.5 Å². The highest BCUT2D eigenvalue weighted by Crippen LogP contribution is 2.22. The van der Waals surface area contributed by atoms with Gasteiger partial charge < -0.3 is 5.73 Å². The van der Waals surface area contributed by atoms with Crippen LogP contribution >= 0.6 is 0 Å². The molecule has 0 aliphatic carbocycles. The third-order valence-electron chi connectivity index (χ3n) is 3.86. The molecule has 0 amide bonds. The number of imidazole rings is 1. The summed E-state index contributed by atoms with van der Waals surface area (Å²) in [6.07, 6.45) is 3.49. The van der Waals surface area contributed by atoms with Crippen molar-refractivity contribution in [2.45, 2.75) is 44.7 Å². The normalized spacial score (nSPS) is 13.9. The molecule has 0 saturated heterocycles. The quantitative estimate of drug-likeness (QED) is 0.854. The van der Waals surface area contributed by atoms with Gasteiger partial charge in [0.1, 0.15) is 5.65 Å². The van der Waals surface area contributed by atoms with Gasteiger partial charge in [0.05, 0.1) is 0 Å². The fraction of sp³-hybridized carbons (Fsp3) is 0.500. The van der Waals surface area contributed by atoms with E-state index in [0.29, 0.717) is 11.6 Å². The second-order valence-corrected chi connectivity index (χ2v) is 6.85. The SMILES string of the molecule is CCC(CC)C(C)NS(=O)(=O)c1c(N)nc2ccccn12. The Labute approximate surface area is 125 Å². The summed E-state index contributed by atoms with van der Waals surface area (Å²) in [4.78, 5) is 4.09. The van der Waals surface area contributed by atoms with E-state index in [1.807, 2.05) is 6.92 Å². The Morgan fingerprint density at radius 3 is 2.62 bits per heavy atom. The van der Waals surface area contributed by atoms with E-state index in [1.54, 1.807) is 24.4 Å². The highest BCUT2D eigenvalue weighted by molar-refractivity contribution is 7.89. The molecular weight excluding hydrogens is 288 g/mol. The maximum Gasteiger partial charge on any atom is 0.260 e. The third-order valence-corrected chi connectivity index (χ3v) is 5.46. The Bertz CT molecular complexity index is 720. The highest BCUT2D eigenvalue weighted by Gasteiger charge is 2.27. The van der Waals surface area contributed by atoms with Crippen LogP contribution < -0.4 is 10.5 Å². The fourth-order valence-electron chi connectivity index (χ4n) is 2.65. The van der Waals surface area contributed by atoms with Crippen LogP contribution in [0.4, 0.5) is 5.82 Å². The molecule has 2 aromatic rings. The smallest absolute Gasteiger partial charge is 0.260 e. The van der Waals surface area contributed by atoms with Crippen LogP contribution in [0, 0.1) is 5.92 Å². The number of nitrogens with one attached hydrogen (secondary N) is 1. The van der Waals surface area contributed by atoms with Crippen molar-refractivity contribution in [1.82, 2.24) is 14.1 Å². The van der Waals surface area contributed by atoms with Gasteiger partial charge in [-0.05, 0) is 25.0 Å². The monoisotopic (exact) mass is 310 g/mol. The minimum Gasteiger partial charge on any atom is -0.381 e. The molecular formula is C14H22N4O2S. The predicted octanol–water partition coefficient (Wildman–Crippen LogP) is 2.02. The van der Waals surface area contributed by atoms with Crippen LogP contribution in [-0.2, 0) is 10.0 Å². The molecule has 0 bridgehead atoms. The lowest BCUT2D eigenvalue weighted by molar-refractivity contribution is 0.390. The van der Waals surface area contributed by atoms with Crippen LogP contribution in [0.3, 0.4) is 0 Å². The molecule has 2 heterocycles. The van der Waals surface area contributed by atoms with E-state index in [9.17, 15) is 8.42 Å². The van der Waals surface area contributed by atoms with Crippen molar-refractivity contribution < 1.29 is 8.42 Å². The minimum atomic E-state index is -3.71. The molecule has 2 aromatic heterocycles. The number of rotatable bonds is 6. The van der Waals surface area contributed by atoms with Crippen molar-refractivity contribution in [3.05, 3.63) is 24.4 Å². The van der Waals surface area contributed by atoms with Crippen LogP contribution in [0.15, 0.2) is 29.4 Å². The first-order valence-electron chi connectivity index (χ1n) is 7.15.